The van der Waals surface area contributed by atoms with E-state index in [9.17, 15) is 4.79 Å². The number of hydrogen-bond acceptors (Lipinski definition) is 5. The Balaban J connectivity index is 1.65. The van der Waals surface area contributed by atoms with Crippen molar-refractivity contribution < 1.29 is 9.53 Å². The Morgan fingerprint density at radius 1 is 1.38 bits per heavy atom. The predicted octanol–water partition coefficient (Wildman–Crippen LogP) is 1.52. The number of nitrogens with zero attached hydrogens (tertiary/aromatic N) is 5. The van der Waals surface area contributed by atoms with Crippen molar-refractivity contribution >= 4 is 16.8 Å². The number of aromatic nitrogens is 5. The SMILES string of the molecule is COCc1nnc2n1[C@@H](C)CN(C(=O)c1n[nH]c3ccccc13)C2. The number of methoxy groups -OCH3 is 1. The molecule has 0 spiro atoms. The minimum Gasteiger partial charge on any atom is -0.377 e. The van der Waals surface area contributed by atoms with E-state index in [1.165, 1.54) is 0 Å². The number of fused-ring (bicyclic) bond motifs is 2. The minimum absolute atomic E-state index is 0.0862. The fourth-order valence-electron chi connectivity index (χ4n) is 3.27. The van der Waals surface area contributed by atoms with Crippen LogP contribution < -0.4 is 0 Å². The molecular formula is C16H18N6O2. The summed E-state index contributed by atoms with van der Waals surface area (Å²) in [5, 5.41) is 16.3. The largest absolute Gasteiger partial charge is 0.377 e. The van der Waals surface area contributed by atoms with E-state index in [0.717, 1.165) is 22.6 Å². The van der Waals surface area contributed by atoms with E-state index in [0.29, 0.717) is 25.4 Å². The van der Waals surface area contributed by atoms with Crippen molar-refractivity contribution in [3.05, 3.63) is 41.6 Å². The Kier molecular flexibility index (Phi) is 3.53. The first kappa shape index (κ1) is 14.8. The number of carbonyl (C=O) groups excluding carboxylic acids is 1. The van der Waals surface area contributed by atoms with E-state index < -0.39 is 0 Å². The van der Waals surface area contributed by atoms with Crippen molar-refractivity contribution in [2.24, 2.45) is 0 Å². The highest BCUT2D eigenvalue weighted by Gasteiger charge is 2.31. The Labute approximate surface area is 138 Å². The molecular weight excluding hydrogens is 308 g/mol. The standard InChI is InChI=1S/C16H18N6O2/c1-10-7-21(8-13-18-19-14(9-24-2)22(10)13)16(23)15-11-5-3-4-6-12(11)17-20-15/h3-6,10H,7-9H2,1-2H3,(H,17,20)/t10-/m0/s1. The Morgan fingerprint density at radius 2 is 2.21 bits per heavy atom. The smallest absolute Gasteiger partial charge is 0.275 e. The molecule has 1 amide bonds. The molecule has 0 saturated heterocycles. The first-order valence-electron chi connectivity index (χ1n) is 7.83. The summed E-state index contributed by atoms with van der Waals surface area (Å²) in [6, 6.07) is 7.71. The summed E-state index contributed by atoms with van der Waals surface area (Å²) in [7, 11) is 1.63. The van der Waals surface area contributed by atoms with Crippen LogP contribution >= 0.6 is 0 Å². The van der Waals surface area contributed by atoms with Gasteiger partial charge in [-0.05, 0) is 13.0 Å². The predicted molar refractivity (Wildman–Crippen MR) is 86.3 cm³/mol. The molecule has 0 unspecified atom stereocenters. The monoisotopic (exact) mass is 326 g/mol. The van der Waals surface area contributed by atoms with Gasteiger partial charge in [-0.25, -0.2) is 0 Å². The molecule has 1 N–H and O–H groups in total. The van der Waals surface area contributed by atoms with E-state index in [1.54, 1.807) is 12.0 Å². The van der Waals surface area contributed by atoms with Gasteiger partial charge < -0.3 is 14.2 Å². The molecule has 0 saturated carbocycles. The van der Waals surface area contributed by atoms with Crippen LogP contribution in [0.3, 0.4) is 0 Å². The summed E-state index contributed by atoms with van der Waals surface area (Å²) >= 11 is 0. The number of aromatic amines is 1. The van der Waals surface area contributed by atoms with Crippen LogP contribution in [0.15, 0.2) is 24.3 Å². The number of hydrogen-bond donors (Lipinski definition) is 1. The van der Waals surface area contributed by atoms with E-state index in [4.69, 9.17) is 4.74 Å². The van der Waals surface area contributed by atoms with Crippen molar-refractivity contribution in [3.63, 3.8) is 0 Å². The molecule has 8 nitrogen and oxygen atoms in total. The van der Waals surface area contributed by atoms with Gasteiger partial charge in [0.15, 0.2) is 17.3 Å². The fourth-order valence-corrected chi connectivity index (χ4v) is 3.27. The van der Waals surface area contributed by atoms with Crippen molar-refractivity contribution in [2.75, 3.05) is 13.7 Å². The summed E-state index contributed by atoms with van der Waals surface area (Å²) in [4.78, 5) is 14.7. The van der Waals surface area contributed by atoms with Gasteiger partial charge in [-0.1, -0.05) is 18.2 Å². The number of para-hydroxylation sites is 1. The fraction of sp³-hybridized carbons (Fsp3) is 0.375. The molecule has 8 heteroatoms. The molecule has 0 aliphatic carbocycles. The maximum Gasteiger partial charge on any atom is 0.275 e. The third-order valence-corrected chi connectivity index (χ3v) is 4.33. The zero-order valence-corrected chi connectivity index (χ0v) is 13.6. The Hall–Kier alpha value is -2.74. The average molecular weight is 326 g/mol. The van der Waals surface area contributed by atoms with Crippen molar-refractivity contribution in [1.82, 2.24) is 29.9 Å². The van der Waals surface area contributed by atoms with Gasteiger partial charge in [-0.15, -0.1) is 10.2 Å². The summed E-state index contributed by atoms with van der Waals surface area (Å²) in [5.74, 6) is 1.47. The lowest BCUT2D eigenvalue weighted by molar-refractivity contribution is 0.0671. The summed E-state index contributed by atoms with van der Waals surface area (Å²) < 4.78 is 7.22. The lowest BCUT2D eigenvalue weighted by atomic mass is 10.1. The first-order chi connectivity index (χ1) is 11.7. The number of nitrogens with one attached hydrogen (secondary N) is 1. The Morgan fingerprint density at radius 3 is 3.04 bits per heavy atom. The number of H-pyrrole nitrogens is 1. The molecule has 0 radical (unpaired) electrons. The second-order valence-electron chi connectivity index (χ2n) is 5.99. The lowest BCUT2D eigenvalue weighted by Crippen LogP contribution is -2.41. The minimum atomic E-state index is -0.0955. The van der Waals surface area contributed by atoms with Crippen LogP contribution in [0.1, 0.15) is 35.1 Å². The van der Waals surface area contributed by atoms with Gasteiger partial charge in [0.2, 0.25) is 0 Å². The molecule has 1 aliphatic heterocycles. The van der Waals surface area contributed by atoms with Crippen molar-refractivity contribution in [3.8, 4) is 0 Å². The Bertz CT molecular complexity index is 899. The van der Waals surface area contributed by atoms with Gasteiger partial charge in [0.25, 0.3) is 5.91 Å². The maximum absolute atomic E-state index is 12.9. The van der Waals surface area contributed by atoms with E-state index in [-0.39, 0.29) is 11.9 Å². The quantitative estimate of drug-likeness (QED) is 0.788. The average Bonchev–Trinajstić information content (AvgIpc) is 3.19. The second kappa shape index (κ2) is 5.72. The first-order valence-corrected chi connectivity index (χ1v) is 7.83. The number of rotatable bonds is 3. The molecule has 2 aromatic heterocycles. The molecule has 0 bridgehead atoms. The number of carbonyl (C=O) groups is 1. The molecule has 1 aliphatic rings. The summed E-state index contributed by atoms with van der Waals surface area (Å²) in [6.07, 6.45) is 0. The maximum atomic E-state index is 12.9. The summed E-state index contributed by atoms with van der Waals surface area (Å²) in [6.45, 7) is 3.46. The van der Waals surface area contributed by atoms with E-state index in [2.05, 4.69) is 25.0 Å². The number of benzene rings is 1. The molecule has 124 valence electrons. The topological polar surface area (TPSA) is 88.9 Å². The van der Waals surface area contributed by atoms with E-state index >= 15 is 0 Å². The highest BCUT2D eigenvalue weighted by Crippen LogP contribution is 2.24. The van der Waals surface area contributed by atoms with Crippen molar-refractivity contribution in [1.29, 1.82) is 0 Å². The van der Waals surface area contributed by atoms with Crippen LogP contribution in [-0.4, -0.2) is 49.4 Å². The van der Waals surface area contributed by atoms with Gasteiger partial charge in [0.05, 0.1) is 18.1 Å². The molecule has 1 atom stereocenters. The van der Waals surface area contributed by atoms with Crippen molar-refractivity contribution in [2.45, 2.75) is 26.1 Å². The van der Waals surface area contributed by atoms with Gasteiger partial charge in [-0.2, -0.15) is 5.10 Å². The zero-order valence-electron chi connectivity index (χ0n) is 13.6. The number of ether oxygens (including phenoxy) is 1. The van der Waals surface area contributed by atoms with Gasteiger partial charge >= 0.3 is 0 Å². The van der Waals surface area contributed by atoms with Crippen LogP contribution in [0.4, 0.5) is 0 Å². The van der Waals surface area contributed by atoms with E-state index in [1.807, 2.05) is 31.2 Å². The highest BCUT2D eigenvalue weighted by atomic mass is 16.5. The zero-order chi connectivity index (χ0) is 16.7. The number of amides is 1. The molecule has 1 aromatic carbocycles. The second-order valence-corrected chi connectivity index (χ2v) is 5.99. The summed E-state index contributed by atoms with van der Waals surface area (Å²) in [5.41, 5.74) is 1.30. The normalized spacial score (nSPS) is 17.2. The van der Waals surface area contributed by atoms with Crippen LogP contribution in [0.5, 0.6) is 0 Å². The van der Waals surface area contributed by atoms with Crippen LogP contribution in [0.25, 0.3) is 10.9 Å². The lowest BCUT2D eigenvalue weighted by Gasteiger charge is -2.32. The molecule has 0 fully saturated rings. The third kappa shape index (κ3) is 2.26. The molecule has 3 heterocycles. The molecule has 4 rings (SSSR count). The molecule has 24 heavy (non-hydrogen) atoms. The van der Waals surface area contributed by atoms with Gasteiger partial charge in [0, 0.05) is 19.0 Å². The van der Waals surface area contributed by atoms with Crippen LogP contribution in [0.2, 0.25) is 0 Å². The molecule has 3 aromatic rings. The van der Waals surface area contributed by atoms with Gasteiger partial charge in [0.1, 0.15) is 6.61 Å². The highest BCUT2D eigenvalue weighted by molar-refractivity contribution is 6.04. The van der Waals surface area contributed by atoms with Crippen LogP contribution in [-0.2, 0) is 17.9 Å². The van der Waals surface area contributed by atoms with Gasteiger partial charge in [-0.3, -0.25) is 9.89 Å². The third-order valence-electron chi connectivity index (χ3n) is 4.33. The van der Waals surface area contributed by atoms with Crippen LogP contribution in [0, 0.1) is 0 Å².